The molecule has 0 radical (unpaired) electrons. The van der Waals surface area contributed by atoms with E-state index in [0.29, 0.717) is 16.5 Å². The smallest absolute Gasteiger partial charge is 0.345 e. The standard InChI is InChI=1S/C23H16BrNO4S/c1-15-9-11-19(12-10-15)30(27,28)25-22(17-6-4-7-18(24)13-17)20-14-16-5-2-3-8-21(16)29-23(20)26/h2-14H,1H3/b25-22+. The second kappa shape index (κ2) is 8.01. The van der Waals surface area contributed by atoms with E-state index in [-0.39, 0.29) is 16.2 Å². The molecule has 0 bridgehead atoms. The topological polar surface area (TPSA) is 76.7 Å². The lowest BCUT2D eigenvalue weighted by molar-refractivity contribution is 0.559. The zero-order valence-corrected chi connectivity index (χ0v) is 18.3. The fourth-order valence-electron chi connectivity index (χ4n) is 3.00. The van der Waals surface area contributed by atoms with Gasteiger partial charge in [0.05, 0.1) is 16.2 Å². The van der Waals surface area contributed by atoms with Crippen LogP contribution in [0.1, 0.15) is 16.7 Å². The first-order chi connectivity index (χ1) is 14.3. The largest absolute Gasteiger partial charge is 0.422 e. The third-order valence-electron chi connectivity index (χ3n) is 4.52. The van der Waals surface area contributed by atoms with Crippen LogP contribution in [0, 0.1) is 6.92 Å². The van der Waals surface area contributed by atoms with Crippen LogP contribution in [0.25, 0.3) is 11.0 Å². The van der Waals surface area contributed by atoms with Crippen molar-refractivity contribution in [2.45, 2.75) is 11.8 Å². The Balaban J connectivity index is 1.98. The summed E-state index contributed by atoms with van der Waals surface area (Å²) in [5, 5.41) is 0.669. The predicted molar refractivity (Wildman–Crippen MR) is 121 cm³/mol. The Labute approximate surface area is 181 Å². The molecular weight excluding hydrogens is 466 g/mol. The van der Waals surface area contributed by atoms with Gasteiger partial charge in [-0.3, -0.25) is 0 Å². The highest BCUT2D eigenvalue weighted by Gasteiger charge is 2.20. The van der Waals surface area contributed by atoms with E-state index in [9.17, 15) is 13.2 Å². The van der Waals surface area contributed by atoms with Crippen LogP contribution in [0.15, 0.2) is 102 Å². The Morgan fingerprint density at radius 2 is 1.67 bits per heavy atom. The molecule has 5 nitrogen and oxygen atoms in total. The molecule has 0 aliphatic rings. The van der Waals surface area contributed by atoms with Crippen LogP contribution in [0.4, 0.5) is 0 Å². The third kappa shape index (κ3) is 4.13. The van der Waals surface area contributed by atoms with E-state index in [1.54, 1.807) is 60.7 Å². The molecule has 4 rings (SSSR count). The van der Waals surface area contributed by atoms with Gasteiger partial charge in [0.15, 0.2) is 0 Å². The SMILES string of the molecule is Cc1ccc(S(=O)(=O)/N=C(\c2cccc(Br)c2)c2cc3ccccc3oc2=O)cc1. The van der Waals surface area contributed by atoms with Crippen LogP contribution in [0.5, 0.6) is 0 Å². The van der Waals surface area contributed by atoms with Crippen molar-refractivity contribution in [2.75, 3.05) is 0 Å². The summed E-state index contributed by atoms with van der Waals surface area (Å²) in [4.78, 5) is 12.8. The van der Waals surface area contributed by atoms with Crippen molar-refractivity contribution < 1.29 is 12.8 Å². The Morgan fingerprint density at radius 1 is 0.933 bits per heavy atom. The maximum atomic E-state index is 13.0. The van der Waals surface area contributed by atoms with E-state index in [4.69, 9.17) is 4.42 Å². The molecule has 0 saturated carbocycles. The van der Waals surface area contributed by atoms with Gasteiger partial charge < -0.3 is 4.42 Å². The summed E-state index contributed by atoms with van der Waals surface area (Å²) in [5.74, 6) is 0. The minimum atomic E-state index is -4.06. The third-order valence-corrected chi connectivity index (χ3v) is 6.31. The fraction of sp³-hybridized carbons (Fsp3) is 0.0435. The van der Waals surface area contributed by atoms with Gasteiger partial charge in [0.1, 0.15) is 5.58 Å². The highest BCUT2D eigenvalue weighted by atomic mass is 79.9. The Kier molecular flexibility index (Phi) is 5.40. The van der Waals surface area contributed by atoms with Crippen molar-refractivity contribution in [3.63, 3.8) is 0 Å². The van der Waals surface area contributed by atoms with Gasteiger partial charge in [-0.05, 0) is 43.3 Å². The van der Waals surface area contributed by atoms with E-state index in [1.165, 1.54) is 12.1 Å². The lowest BCUT2D eigenvalue weighted by Gasteiger charge is -2.09. The van der Waals surface area contributed by atoms with Gasteiger partial charge in [-0.1, -0.05) is 64.0 Å². The summed E-state index contributed by atoms with van der Waals surface area (Å²) in [6.45, 7) is 1.87. The predicted octanol–water partition coefficient (Wildman–Crippen LogP) is 5.09. The monoisotopic (exact) mass is 481 g/mol. The first-order valence-electron chi connectivity index (χ1n) is 9.04. The quantitative estimate of drug-likeness (QED) is 0.300. The number of aryl methyl sites for hydroxylation is 1. The van der Waals surface area contributed by atoms with E-state index >= 15 is 0 Å². The lowest BCUT2D eigenvalue weighted by atomic mass is 10.0. The number of hydrogen-bond acceptors (Lipinski definition) is 4. The molecule has 3 aromatic carbocycles. The zero-order chi connectivity index (χ0) is 21.3. The molecule has 0 N–H and O–H groups in total. The average Bonchev–Trinajstić information content (AvgIpc) is 2.72. The van der Waals surface area contributed by atoms with Gasteiger partial charge in [0.25, 0.3) is 10.0 Å². The molecule has 0 amide bonds. The molecule has 1 heterocycles. The molecule has 0 aliphatic heterocycles. The van der Waals surface area contributed by atoms with E-state index in [2.05, 4.69) is 20.3 Å². The van der Waals surface area contributed by atoms with Crippen molar-refractivity contribution in [3.8, 4) is 0 Å². The Hall–Kier alpha value is -3.03. The number of rotatable bonds is 4. The van der Waals surface area contributed by atoms with Gasteiger partial charge in [0.2, 0.25) is 0 Å². The number of fused-ring (bicyclic) bond motifs is 1. The molecule has 0 saturated heterocycles. The second-order valence-electron chi connectivity index (χ2n) is 6.72. The second-order valence-corrected chi connectivity index (χ2v) is 9.24. The Morgan fingerprint density at radius 3 is 2.40 bits per heavy atom. The summed E-state index contributed by atoms with van der Waals surface area (Å²) < 4.78 is 36.3. The highest BCUT2D eigenvalue weighted by Crippen LogP contribution is 2.21. The van der Waals surface area contributed by atoms with Crippen molar-refractivity contribution in [1.29, 1.82) is 0 Å². The van der Waals surface area contributed by atoms with Crippen LogP contribution in [-0.2, 0) is 10.0 Å². The molecule has 30 heavy (non-hydrogen) atoms. The van der Waals surface area contributed by atoms with Crippen LogP contribution in [0.3, 0.4) is 0 Å². The van der Waals surface area contributed by atoms with Crippen molar-refractivity contribution in [3.05, 3.63) is 110 Å². The Bertz CT molecular complexity index is 1440. The summed E-state index contributed by atoms with van der Waals surface area (Å²) in [6, 6.07) is 22.0. The summed E-state index contributed by atoms with van der Waals surface area (Å²) >= 11 is 3.39. The van der Waals surface area contributed by atoms with Gasteiger partial charge in [0, 0.05) is 15.4 Å². The number of nitrogens with zero attached hydrogens (tertiary/aromatic N) is 1. The molecular formula is C23H16BrNO4S. The molecule has 0 aliphatic carbocycles. The van der Waals surface area contributed by atoms with Gasteiger partial charge >= 0.3 is 5.63 Å². The van der Waals surface area contributed by atoms with Gasteiger partial charge in [-0.25, -0.2) is 4.79 Å². The van der Waals surface area contributed by atoms with E-state index in [1.807, 2.05) is 13.0 Å². The fourth-order valence-corrected chi connectivity index (χ4v) is 4.43. The number of halogens is 1. The zero-order valence-electron chi connectivity index (χ0n) is 15.9. The van der Waals surface area contributed by atoms with Crippen molar-refractivity contribution in [2.24, 2.45) is 4.40 Å². The van der Waals surface area contributed by atoms with Crippen LogP contribution in [-0.4, -0.2) is 14.1 Å². The number of para-hydroxylation sites is 1. The van der Waals surface area contributed by atoms with Crippen LogP contribution >= 0.6 is 15.9 Å². The van der Waals surface area contributed by atoms with Crippen molar-refractivity contribution >= 4 is 42.6 Å². The summed E-state index contributed by atoms with van der Waals surface area (Å²) in [7, 11) is -4.06. The van der Waals surface area contributed by atoms with E-state index < -0.39 is 15.6 Å². The molecule has 150 valence electrons. The molecule has 0 spiro atoms. The summed E-state index contributed by atoms with van der Waals surface area (Å²) in [6.07, 6.45) is 0. The highest BCUT2D eigenvalue weighted by molar-refractivity contribution is 9.10. The van der Waals surface area contributed by atoms with Crippen molar-refractivity contribution in [1.82, 2.24) is 0 Å². The minimum absolute atomic E-state index is 0.0244. The first-order valence-corrected chi connectivity index (χ1v) is 11.3. The molecule has 1 aromatic heterocycles. The van der Waals surface area contributed by atoms with Gasteiger partial charge in [-0.15, -0.1) is 0 Å². The average molecular weight is 482 g/mol. The lowest BCUT2D eigenvalue weighted by Crippen LogP contribution is -2.17. The number of hydrogen-bond donors (Lipinski definition) is 0. The van der Waals surface area contributed by atoms with E-state index in [0.717, 1.165) is 10.0 Å². The summed E-state index contributed by atoms with van der Waals surface area (Å²) in [5.41, 5.74) is 1.26. The molecule has 7 heteroatoms. The maximum absolute atomic E-state index is 13.0. The van der Waals surface area contributed by atoms with Crippen LogP contribution < -0.4 is 5.63 Å². The molecule has 0 unspecified atom stereocenters. The first kappa shape index (κ1) is 20.3. The number of benzene rings is 3. The number of sulfonamides is 1. The molecule has 4 aromatic rings. The van der Waals surface area contributed by atoms with Gasteiger partial charge in [-0.2, -0.15) is 12.8 Å². The minimum Gasteiger partial charge on any atom is -0.422 e. The maximum Gasteiger partial charge on any atom is 0.345 e. The normalized spacial score (nSPS) is 12.3. The van der Waals surface area contributed by atoms with Crippen LogP contribution in [0.2, 0.25) is 0 Å². The molecule has 0 atom stereocenters. The molecule has 0 fully saturated rings.